The quantitative estimate of drug-likeness (QED) is 0.0261. The van der Waals surface area contributed by atoms with Crippen molar-refractivity contribution in [3.05, 3.63) is 85.1 Å². The Hall–Kier alpha value is -3.41. The van der Waals surface area contributed by atoms with E-state index in [-0.39, 0.29) is 37.5 Å². The first-order valence-corrected chi connectivity index (χ1v) is 34.1. The molecule has 1 unspecified atom stereocenters. The van der Waals surface area contributed by atoms with Crippen LogP contribution in [0.15, 0.2) is 85.1 Å². The van der Waals surface area contributed by atoms with Crippen LogP contribution in [0.4, 0.5) is 0 Å². The molecule has 79 heavy (non-hydrogen) atoms. The first kappa shape index (κ1) is 75.6. The summed E-state index contributed by atoms with van der Waals surface area (Å²) in [5.41, 5.74) is 0. The molecule has 1 atom stereocenters. The van der Waals surface area contributed by atoms with Gasteiger partial charge in [0.15, 0.2) is 6.10 Å². The summed E-state index contributed by atoms with van der Waals surface area (Å²) in [7, 11) is 0. The molecule has 0 aromatic heterocycles. The maximum absolute atomic E-state index is 12.9. The maximum Gasteiger partial charge on any atom is 0.306 e. The van der Waals surface area contributed by atoms with Gasteiger partial charge in [-0.15, -0.1) is 0 Å². The van der Waals surface area contributed by atoms with Crippen molar-refractivity contribution in [2.45, 2.75) is 348 Å². The Morgan fingerprint density at radius 3 is 0.823 bits per heavy atom. The zero-order chi connectivity index (χ0) is 57.1. The van der Waals surface area contributed by atoms with E-state index in [2.05, 4.69) is 99.8 Å². The highest BCUT2D eigenvalue weighted by atomic mass is 16.6. The maximum atomic E-state index is 12.9. The Kier molecular flexibility index (Phi) is 64.2. The van der Waals surface area contributed by atoms with Gasteiger partial charge in [-0.05, 0) is 83.5 Å². The van der Waals surface area contributed by atoms with Crippen LogP contribution in [0.1, 0.15) is 342 Å². The summed E-state index contributed by atoms with van der Waals surface area (Å²) in [6, 6.07) is 0. The number of esters is 3. The molecule has 456 valence electrons. The molecule has 0 heterocycles. The van der Waals surface area contributed by atoms with Gasteiger partial charge < -0.3 is 14.2 Å². The number of rotatable bonds is 62. The highest BCUT2D eigenvalue weighted by molar-refractivity contribution is 5.71. The van der Waals surface area contributed by atoms with E-state index in [0.717, 1.165) is 77.0 Å². The number of hydrogen-bond acceptors (Lipinski definition) is 6. The molecule has 0 fully saturated rings. The van der Waals surface area contributed by atoms with Gasteiger partial charge in [-0.2, -0.15) is 0 Å². The molecule has 0 aliphatic rings. The lowest BCUT2D eigenvalue weighted by Gasteiger charge is -2.18. The summed E-state index contributed by atoms with van der Waals surface area (Å²) < 4.78 is 16.9. The van der Waals surface area contributed by atoms with E-state index in [9.17, 15) is 14.4 Å². The van der Waals surface area contributed by atoms with Crippen molar-refractivity contribution in [1.29, 1.82) is 0 Å². The third kappa shape index (κ3) is 65.3. The zero-order valence-corrected chi connectivity index (χ0v) is 52.4. The van der Waals surface area contributed by atoms with Crippen LogP contribution in [0.2, 0.25) is 0 Å². The van der Waals surface area contributed by atoms with Crippen molar-refractivity contribution in [2.75, 3.05) is 13.2 Å². The third-order valence-electron chi connectivity index (χ3n) is 14.9. The molecule has 6 nitrogen and oxygen atoms in total. The molecule has 0 bridgehead atoms. The third-order valence-corrected chi connectivity index (χ3v) is 14.9. The van der Waals surface area contributed by atoms with Crippen LogP contribution in [0.3, 0.4) is 0 Å². The molecule has 0 N–H and O–H groups in total. The Morgan fingerprint density at radius 2 is 0.519 bits per heavy atom. The van der Waals surface area contributed by atoms with E-state index in [1.807, 2.05) is 6.08 Å². The van der Waals surface area contributed by atoms with Crippen LogP contribution in [-0.4, -0.2) is 37.2 Å². The minimum Gasteiger partial charge on any atom is -0.462 e. The first-order chi connectivity index (χ1) is 39.0. The number of carbonyl (C=O) groups excluding carboxylic acids is 3. The standard InChI is InChI=1S/C73H128O6/c1-4-7-10-13-16-19-22-25-28-30-32-33-34-35-36-37-38-39-41-42-45-48-51-54-57-60-63-66-72(75)78-69-70(68-77-71(74)65-62-59-56-53-50-47-44-27-24-21-18-15-12-9-6-3)79-73(76)67-64-61-58-55-52-49-46-43-40-31-29-26-23-20-17-14-11-8-5-2/h8,11,17,20,26,29-30,32,40,43,49,52,58,61,70H,4-7,9-10,12-16,18-19,21-25,27-28,31,33-39,41-42,44-48,50-51,53-57,59-60,62-69H2,1-3H3/b11-8-,20-17-,29-26-,32-30-,43-40-,52-49-,61-58-. The predicted molar refractivity (Wildman–Crippen MR) is 344 cm³/mol. The number of unbranched alkanes of at least 4 members (excludes halogenated alkanes) is 37. The van der Waals surface area contributed by atoms with Gasteiger partial charge in [0, 0.05) is 19.3 Å². The molecule has 0 aromatic carbocycles. The van der Waals surface area contributed by atoms with Crippen molar-refractivity contribution < 1.29 is 28.6 Å². The van der Waals surface area contributed by atoms with Crippen LogP contribution >= 0.6 is 0 Å². The molecule has 0 saturated heterocycles. The van der Waals surface area contributed by atoms with Gasteiger partial charge in [-0.25, -0.2) is 0 Å². The van der Waals surface area contributed by atoms with E-state index in [0.29, 0.717) is 19.3 Å². The monoisotopic (exact) mass is 1100 g/mol. The van der Waals surface area contributed by atoms with Crippen molar-refractivity contribution in [3.63, 3.8) is 0 Å². The van der Waals surface area contributed by atoms with Gasteiger partial charge >= 0.3 is 17.9 Å². The second-order valence-electron chi connectivity index (χ2n) is 22.7. The minimum absolute atomic E-state index is 0.103. The van der Waals surface area contributed by atoms with Crippen LogP contribution in [-0.2, 0) is 28.6 Å². The number of allylic oxidation sites excluding steroid dienone is 14. The highest BCUT2D eigenvalue weighted by Crippen LogP contribution is 2.17. The summed E-state index contributed by atoms with van der Waals surface area (Å²) in [5, 5.41) is 0. The molecule has 0 amide bonds. The number of hydrogen-bond donors (Lipinski definition) is 0. The average molecular weight is 1100 g/mol. The van der Waals surface area contributed by atoms with E-state index in [4.69, 9.17) is 14.2 Å². The van der Waals surface area contributed by atoms with Gasteiger partial charge in [0.05, 0.1) is 0 Å². The summed E-state index contributed by atoms with van der Waals surface area (Å²) in [4.78, 5) is 38.3. The first-order valence-electron chi connectivity index (χ1n) is 34.1. The van der Waals surface area contributed by atoms with E-state index < -0.39 is 6.10 Å². The van der Waals surface area contributed by atoms with E-state index >= 15 is 0 Å². The molecule has 6 heteroatoms. The summed E-state index contributed by atoms with van der Waals surface area (Å²) in [6.45, 7) is 6.51. The average Bonchev–Trinajstić information content (AvgIpc) is 3.45. The Labute approximate surface area is 490 Å². The second kappa shape index (κ2) is 67.1. The Morgan fingerprint density at radius 1 is 0.266 bits per heavy atom. The Bertz CT molecular complexity index is 1500. The van der Waals surface area contributed by atoms with Gasteiger partial charge in [-0.1, -0.05) is 324 Å². The molecular formula is C73H128O6. The summed E-state index contributed by atoms with van der Waals surface area (Å²) >= 11 is 0. The summed E-state index contributed by atoms with van der Waals surface area (Å²) in [6.07, 6.45) is 89.1. The molecule has 0 spiro atoms. The van der Waals surface area contributed by atoms with Crippen molar-refractivity contribution in [1.82, 2.24) is 0 Å². The number of carbonyl (C=O) groups is 3. The molecule has 0 saturated carbocycles. The lowest BCUT2D eigenvalue weighted by atomic mass is 10.0. The van der Waals surface area contributed by atoms with Crippen LogP contribution in [0.5, 0.6) is 0 Å². The molecule has 0 aromatic rings. The van der Waals surface area contributed by atoms with Crippen LogP contribution < -0.4 is 0 Å². The minimum atomic E-state index is -0.816. The van der Waals surface area contributed by atoms with Crippen LogP contribution in [0, 0.1) is 0 Å². The van der Waals surface area contributed by atoms with Gasteiger partial charge in [0.2, 0.25) is 0 Å². The fourth-order valence-corrected chi connectivity index (χ4v) is 9.82. The van der Waals surface area contributed by atoms with Crippen molar-refractivity contribution in [3.8, 4) is 0 Å². The lowest BCUT2D eigenvalue weighted by Crippen LogP contribution is -2.30. The van der Waals surface area contributed by atoms with Crippen molar-refractivity contribution >= 4 is 17.9 Å². The molecule has 0 rings (SSSR count). The fraction of sp³-hybridized carbons (Fsp3) is 0.767. The van der Waals surface area contributed by atoms with Gasteiger partial charge in [0.25, 0.3) is 0 Å². The van der Waals surface area contributed by atoms with E-state index in [1.165, 1.54) is 218 Å². The second-order valence-corrected chi connectivity index (χ2v) is 22.7. The molecule has 0 radical (unpaired) electrons. The SMILES string of the molecule is CC/C=C\C/C=C\C/C=C\C/C=C\C/C=C\C/C=C\CCC(=O)OC(COC(=O)CCCCCCCCCCCCCCCCC)COC(=O)CCCCCCCCCCCCCCCCC/C=C\CCCCCCCCCC. The normalized spacial score (nSPS) is 12.6. The zero-order valence-electron chi connectivity index (χ0n) is 52.4. The molecule has 0 aliphatic carbocycles. The van der Waals surface area contributed by atoms with Crippen LogP contribution in [0.25, 0.3) is 0 Å². The smallest absolute Gasteiger partial charge is 0.306 e. The van der Waals surface area contributed by atoms with Gasteiger partial charge in [0.1, 0.15) is 13.2 Å². The fourth-order valence-electron chi connectivity index (χ4n) is 9.82. The highest BCUT2D eigenvalue weighted by Gasteiger charge is 2.19. The Balaban J connectivity index is 4.35. The van der Waals surface area contributed by atoms with E-state index in [1.54, 1.807) is 0 Å². The number of ether oxygens (including phenoxy) is 3. The molecule has 0 aliphatic heterocycles. The largest absolute Gasteiger partial charge is 0.462 e. The molecular weight excluding hydrogens is 973 g/mol. The predicted octanol–water partition coefficient (Wildman–Crippen LogP) is 23.4. The summed E-state index contributed by atoms with van der Waals surface area (Å²) in [5.74, 6) is -0.971. The lowest BCUT2D eigenvalue weighted by molar-refractivity contribution is -0.166. The van der Waals surface area contributed by atoms with Gasteiger partial charge in [-0.3, -0.25) is 14.4 Å². The topological polar surface area (TPSA) is 78.9 Å². The van der Waals surface area contributed by atoms with Crippen molar-refractivity contribution in [2.24, 2.45) is 0 Å².